The average molecular weight is 754 g/mol. The highest BCUT2D eigenvalue weighted by Crippen LogP contribution is 2.48. The quantitative estimate of drug-likeness (QED) is 0.0823. The van der Waals surface area contributed by atoms with Gasteiger partial charge in [-0.05, 0) is 78.4 Å². The van der Waals surface area contributed by atoms with Crippen LogP contribution in [0, 0.1) is 22.6 Å². The van der Waals surface area contributed by atoms with Crippen LogP contribution in [0.1, 0.15) is 48.2 Å². The molecule has 0 aliphatic heterocycles. The van der Waals surface area contributed by atoms with Crippen LogP contribution in [0.5, 0.6) is 6.01 Å². The molecular formula is C35H32ClF4N9O4. The molecule has 276 valence electrons. The molecule has 1 aliphatic carbocycles. The summed E-state index contributed by atoms with van der Waals surface area (Å²) in [6.45, 7) is 1.73. The van der Waals surface area contributed by atoms with Crippen LogP contribution in [0.4, 0.5) is 40.8 Å². The molecule has 0 unspecified atom stereocenters. The van der Waals surface area contributed by atoms with Crippen LogP contribution in [-0.4, -0.2) is 58.5 Å². The Bertz CT molecular complexity index is 2040. The lowest BCUT2D eigenvalue weighted by Gasteiger charge is -2.25. The molecule has 1 aliphatic rings. The van der Waals surface area contributed by atoms with Crippen molar-refractivity contribution in [2.75, 3.05) is 35.6 Å². The molecule has 0 radical (unpaired) electrons. The number of alkyl halides is 3. The van der Waals surface area contributed by atoms with E-state index in [1.807, 2.05) is 18.2 Å². The molecule has 0 bridgehead atoms. The third-order valence-corrected chi connectivity index (χ3v) is 8.13. The Balaban J connectivity index is 1.19. The fraction of sp³-hybridized carbons (Fsp3) is 0.286. The fourth-order valence-electron chi connectivity index (χ4n) is 4.87. The largest absolute Gasteiger partial charge is 0.454 e. The Labute approximate surface area is 305 Å². The maximum Gasteiger partial charge on any atom is 0.422 e. The summed E-state index contributed by atoms with van der Waals surface area (Å²) >= 11 is 6.01. The molecule has 1 fully saturated rings. The minimum absolute atomic E-state index is 0.0123. The van der Waals surface area contributed by atoms with Gasteiger partial charge in [-0.25, -0.2) is 4.39 Å². The topological polar surface area (TPSA) is 183 Å². The fourth-order valence-corrected chi connectivity index (χ4v) is 5.00. The molecule has 1 saturated carbocycles. The summed E-state index contributed by atoms with van der Waals surface area (Å²) < 4.78 is 58.8. The molecule has 4 aromatic rings. The number of carbonyl (C=O) groups excluding carboxylic acids is 3. The van der Waals surface area contributed by atoms with Crippen LogP contribution in [0.15, 0.2) is 66.7 Å². The summed E-state index contributed by atoms with van der Waals surface area (Å²) in [5, 5.41) is 22.8. The van der Waals surface area contributed by atoms with Gasteiger partial charge >= 0.3 is 24.0 Å². The maximum atomic E-state index is 15.2. The number of nitriles is 1. The molecule has 0 spiro atoms. The number of nitrogens with one attached hydrogen (secondary N) is 5. The Morgan fingerprint density at radius 1 is 0.887 bits per heavy atom. The minimum Gasteiger partial charge on any atom is -0.454 e. The summed E-state index contributed by atoms with van der Waals surface area (Å²) in [4.78, 5) is 49.6. The highest BCUT2D eigenvalue weighted by Gasteiger charge is 2.45. The number of hydrogen-bond donors (Lipinski definition) is 5. The Morgan fingerprint density at radius 2 is 1.53 bits per heavy atom. The molecule has 0 atom stereocenters. The van der Waals surface area contributed by atoms with Gasteiger partial charge in [0, 0.05) is 29.5 Å². The van der Waals surface area contributed by atoms with Gasteiger partial charge in [0.25, 0.3) is 5.91 Å². The van der Waals surface area contributed by atoms with Gasteiger partial charge in [0.15, 0.2) is 6.61 Å². The Morgan fingerprint density at radius 3 is 2.15 bits per heavy atom. The molecule has 3 aromatic carbocycles. The monoisotopic (exact) mass is 753 g/mol. The number of hydrogen-bond acceptors (Lipinski definition) is 10. The highest BCUT2D eigenvalue weighted by atomic mass is 35.5. The lowest BCUT2D eigenvalue weighted by molar-refractivity contribution is -0.154. The first kappa shape index (κ1) is 38.2. The average Bonchev–Trinajstić information content (AvgIpc) is 3.89. The van der Waals surface area contributed by atoms with Crippen molar-refractivity contribution < 1.29 is 36.7 Å². The Kier molecular flexibility index (Phi) is 11.3. The predicted molar refractivity (Wildman–Crippen MR) is 186 cm³/mol. The van der Waals surface area contributed by atoms with Crippen molar-refractivity contribution in [3.05, 3.63) is 94.3 Å². The third kappa shape index (κ3) is 10.7. The van der Waals surface area contributed by atoms with Crippen molar-refractivity contribution in [2.24, 2.45) is 5.41 Å². The SMILES string of the molecule is CC(C)(CNC(=O)C(=O)Nc1ccc(C#N)cc1)CNC(=O)c1ccc(Nc2nc(NC3(c4ccc(Cl)cc4)CC3)nc(OCC(F)(F)F)n2)cc1F. The second kappa shape index (κ2) is 15.7. The lowest BCUT2D eigenvalue weighted by Crippen LogP contribution is -2.45. The smallest absolute Gasteiger partial charge is 0.422 e. The third-order valence-electron chi connectivity index (χ3n) is 7.88. The van der Waals surface area contributed by atoms with Gasteiger partial charge in [-0.3, -0.25) is 14.4 Å². The summed E-state index contributed by atoms with van der Waals surface area (Å²) in [6, 6.07) is 17.8. The van der Waals surface area contributed by atoms with E-state index in [0.29, 0.717) is 29.1 Å². The van der Waals surface area contributed by atoms with Crippen LogP contribution in [0.3, 0.4) is 0 Å². The van der Waals surface area contributed by atoms with E-state index in [0.717, 1.165) is 11.6 Å². The van der Waals surface area contributed by atoms with Crippen LogP contribution >= 0.6 is 11.6 Å². The van der Waals surface area contributed by atoms with Crippen molar-refractivity contribution in [2.45, 2.75) is 38.4 Å². The summed E-state index contributed by atoms with van der Waals surface area (Å²) in [6.07, 6.45) is -3.30. The number of nitrogens with zero attached hydrogens (tertiary/aromatic N) is 4. The summed E-state index contributed by atoms with van der Waals surface area (Å²) in [5.74, 6) is -3.88. The number of ether oxygens (including phenoxy) is 1. The number of benzene rings is 3. The highest BCUT2D eigenvalue weighted by molar-refractivity contribution is 6.39. The van der Waals surface area contributed by atoms with E-state index in [4.69, 9.17) is 21.6 Å². The van der Waals surface area contributed by atoms with Crippen LogP contribution < -0.4 is 31.3 Å². The molecule has 1 heterocycles. The number of anilines is 4. The van der Waals surface area contributed by atoms with Crippen molar-refractivity contribution in [3.63, 3.8) is 0 Å². The molecular weight excluding hydrogens is 722 g/mol. The van der Waals surface area contributed by atoms with Gasteiger partial charge in [0.05, 0.1) is 22.7 Å². The van der Waals surface area contributed by atoms with E-state index in [9.17, 15) is 27.6 Å². The molecule has 1 aromatic heterocycles. The van der Waals surface area contributed by atoms with Crippen molar-refractivity contribution in [3.8, 4) is 12.1 Å². The van der Waals surface area contributed by atoms with Crippen molar-refractivity contribution in [1.82, 2.24) is 25.6 Å². The first-order valence-corrected chi connectivity index (χ1v) is 16.3. The molecule has 3 amide bonds. The van der Waals surface area contributed by atoms with Gasteiger partial charge in [0.2, 0.25) is 11.9 Å². The van der Waals surface area contributed by atoms with Gasteiger partial charge in [0.1, 0.15) is 5.82 Å². The Hall–Kier alpha value is -6.02. The summed E-state index contributed by atoms with van der Waals surface area (Å²) in [7, 11) is 0. The van der Waals surface area contributed by atoms with E-state index in [-0.39, 0.29) is 36.2 Å². The van der Waals surface area contributed by atoms with Gasteiger partial charge in [-0.15, -0.1) is 0 Å². The summed E-state index contributed by atoms with van der Waals surface area (Å²) in [5.41, 5.74) is -0.0259. The standard InChI is InChI=1S/C35H32ClF4N9O4/c1-33(2,18-43-28(51)29(52)44-23-9-3-20(16-41)4-10-23)17-42-27(50)25-12-11-24(15-26(25)37)45-30-46-31(48-32(47-30)53-19-35(38,39)40)49-34(13-14-34)21-5-7-22(36)8-6-21/h3-12,15H,13-14,17-19H2,1-2H3,(H,42,50)(H,43,51)(H,44,52)(H2,45,46,47,48,49). The van der Waals surface area contributed by atoms with E-state index in [2.05, 4.69) is 41.5 Å². The zero-order valence-corrected chi connectivity index (χ0v) is 29.0. The van der Waals surface area contributed by atoms with E-state index in [1.165, 1.54) is 36.4 Å². The maximum absolute atomic E-state index is 15.2. The molecule has 0 saturated heterocycles. The first-order chi connectivity index (χ1) is 25.0. The van der Waals surface area contributed by atoms with Crippen LogP contribution in [0.2, 0.25) is 5.02 Å². The van der Waals surface area contributed by atoms with Gasteiger partial charge < -0.3 is 31.3 Å². The number of halogens is 5. The molecule has 53 heavy (non-hydrogen) atoms. The zero-order valence-electron chi connectivity index (χ0n) is 28.2. The molecule has 13 nitrogen and oxygen atoms in total. The molecule has 18 heteroatoms. The van der Waals surface area contributed by atoms with Crippen LogP contribution in [-0.2, 0) is 15.1 Å². The van der Waals surface area contributed by atoms with Crippen LogP contribution in [0.25, 0.3) is 0 Å². The predicted octanol–water partition coefficient (Wildman–Crippen LogP) is 5.83. The van der Waals surface area contributed by atoms with E-state index in [1.54, 1.807) is 26.0 Å². The number of amides is 3. The van der Waals surface area contributed by atoms with E-state index >= 15 is 4.39 Å². The minimum atomic E-state index is -4.66. The number of aromatic nitrogens is 3. The second-order valence-electron chi connectivity index (χ2n) is 12.9. The first-order valence-electron chi connectivity index (χ1n) is 16.0. The normalized spacial score (nSPS) is 13.2. The zero-order chi connectivity index (χ0) is 38.4. The van der Waals surface area contributed by atoms with Crippen molar-refractivity contribution >= 4 is 52.6 Å². The lowest BCUT2D eigenvalue weighted by atomic mass is 9.93. The number of rotatable bonds is 13. The number of carbonyl (C=O) groups is 3. The molecule has 5 rings (SSSR count). The molecule has 5 N–H and O–H groups in total. The van der Waals surface area contributed by atoms with Gasteiger partial charge in [-0.2, -0.15) is 33.4 Å². The van der Waals surface area contributed by atoms with Crippen molar-refractivity contribution in [1.29, 1.82) is 5.26 Å². The van der Waals surface area contributed by atoms with E-state index < -0.39 is 53.3 Å². The second-order valence-corrected chi connectivity index (χ2v) is 13.3. The van der Waals surface area contributed by atoms with Gasteiger partial charge in [-0.1, -0.05) is 37.6 Å².